The van der Waals surface area contributed by atoms with Gasteiger partial charge in [-0.15, -0.1) is 0 Å². The molecule has 2 aliphatic heterocycles. The van der Waals surface area contributed by atoms with Crippen molar-refractivity contribution in [2.45, 2.75) is 45.4 Å². The first kappa shape index (κ1) is 21.8. The number of rotatable bonds is 3. The highest BCUT2D eigenvalue weighted by Gasteiger charge is 2.33. The van der Waals surface area contributed by atoms with Crippen molar-refractivity contribution in [3.63, 3.8) is 0 Å². The van der Waals surface area contributed by atoms with Gasteiger partial charge in [0.2, 0.25) is 0 Å². The molecule has 1 saturated heterocycles. The van der Waals surface area contributed by atoms with Gasteiger partial charge in [0.25, 0.3) is 0 Å². The standard InChI is InChI=1S/C25H28ClN5O2/c1-25(2,3)33-24(32)29-17-12-31(13-17)23-18-10-11-30(14-20(18)27-15-28-23)21-9-5-7-16-6-4-8-19(26)22(16)21/h4-9,15,17H,10-14H2,1-3H3,(H,29,32). The third kappa shape index (κ3) is 4.42. The van der Waals surface area contributed by atoms with Crippen LogP contribution >= 0.6 is 11.6 Å². The van der Waals surface area contributed by atoms with E-state index in [0.29, 0.717) is 19.6 Å². The normalized spacial score (nSPS) is 16.4. The lowest BCUT2D eigenvalue weighted by Crippen LogP contribution is -2.60. The largest absolute Gasteiger partial charge is 0.444 e. The molecule has 5 rings (SSSR count). The first-order valence-electron chi connectivity index (χ1n) is 11.3. The lowest BCUT2D eigenvalue weighted by Gasteiger charge is -2.42. The van der Waals surface area contributed by atoms with Crippen LogP contribution in [0.15, 0.2) is 42.7 Å². The third-order valence-corrected chi connectivity index (χ3v) is 6.37. The zero-order valence-electron chi connectivity index (χ0n) is 19.1. The smallest absolute Gasteiger partial charge is 0.407 e. The maximum atomic E-state index is 12.0. The van der Waals surface area contributed by atoms with Crippen molar-refractivity contribution >= 4 is 40.0 Å². The number of amides is 1. The van der Waals surface area contributed by atoms with E-state index >= 15 is 0 Å². The van der Waals surface area contributed by atoms with E-state index in [-0.39, 0.29) is 12.1 Å². The summed E-state index contributed by atoms with van der Waals surface area (Å²) in [7, 11) is 0. The summed E-state index contributed by atoms with van der Waals surface area (Å²) in [6.45, 7) is 8.59. The van der Waals surface area contributed by atoms with E-state index in [0.717, 1.165) is 46.0 Å². The van der Waals surface area contributed by atoms with Gasteiger partial charge in [0.1, 0.15) is 17.7 Å². The van der Waals surface area contributed by atoms with Crippen LogP contribution < -0.4 is 15.1 Å². The molecular weight excluding hydrogens is 438 g/mol. The number of halogens is 1. The summed E-state index contributed by atoms with van der Waals surface area (Å²) >= 11 is 6.56. The Balaban J connectivity index is 1.30. The molecule has 172 valence electrons. The quantitative estimate of drug-likeness (QED) is 0.611. The number of carbonyl (C=O) groups is 1. The molecule has 1 N–H and O–H groups in total. The highest BCUT2D eigenvalue weighted by molar-refractivity contribution is 6.36. The number of ether oxygens (including phenoxy) is 1. The molecule has 0 bridgehead atoms. The molecule has 8 heteroatoms. The predicted molar refractivity (Wildman–Crippen MR) is 131 cm³/mol. The van der Waals surface area contributed by atoms with E-state index in [1.807, 2.05) is 32.9 Å². The van der Waals surface area contributed by atoms with Gasteiger partial charge in [-0.3, -0.25) is 0 Å². The molecule has 3 heterocycles. The van der Waals surface area contributed by atoms with E-state index in [9.17, 15) is 4.79 Å². The third-order valence-electron chi connectivity index (χ3n) is 6.06. The second-order valence-corrected chi connectivity index (χ2v) is 10.1. The predicted octanol–water partition coefficient (Wildman–Crippen LogP) is 4.56. The molecule has 1 aromatic heterocycles. The zero-order valence-corrected chi connectivity index (χ0v) is 19.9. The molecule has 0 unspecified atom stereocenters. The van der Waals surface area contributed by atoms with Gasteiger partial charge in [-0.05, 0) is 44.7 Å². The molecule has 2 aromatic carbocycles. The van der Waals surface area contributed by atoms with Crippen LogP contribution in [0.4, 0.5) is 16.3 Å². The molecule has 0 saturated carbocycles. The fourth-order valence-corrected chi connectivity index (χ4v) is 4.85. The van der Waals surface area contributed by atoms with Crippen LogP contribution in [0.25, 0.3) is 10.8 Å². The minimum Gasteiger partial charge on any atom is -0.444 e. The SMILES string of the molecule is CC(C)(C)OC(=O)NC1CN(c2ncnc3c2CCN(c2cccc4cccc(Cl)c24)C3)C1. The first-order valence-corrected chi connectivity index (χ1v) is 11.7. The molecular formula is C25H28ClN5O2. The van der Waals surface area contributed by atoms with Gasteiger partial charge in [-0.2, -0.15) is 0 Å². The minimum atomic E-state index is -0.501. The monoisotopic (exact) mass is 465 g/mol. The highest BCUT2D eigenvalue weighted by atomic mass is 35.5. The summed E-state index contributed by atoms with van der Waals surface area (Å²) in [6.07, 6.45) is 2.12. The van der Waals surface area contributed by atoms with Crippen LogP contribution in [0, 0.1) is 0 Å². The van der Waals surface area contributed by atoms with Crippen LogP contribution in [0.2, 0.25) is 5.02 Å². The molecule has 1 fully saturated rings. The number of alkyl carbamates (subject to hydrolysis) is 1. The summed E-state index contributed by atoms with van der Waals surface area (Å²) in [6, 6.07) is 12.4. The number of hydrogen-bond acceptors (Lipinski definition) is 6. The summed E-state index contributed by atoms with van der Waals surface area (Å²) in [5, 5.41) is 5.92. The summed E-state index contributed by atoms with van der Waals surface area (Å²) in [4.78, 5) is 25.8. The van der Waals surface area contributed by atoms with Crippen LogP contribution in [0.1, 0.15) is 32.0 Å². The van der Waals surface area contributed by atoms with Crippen LogP contribution in [0.3, 0.4) is 0 Å². The van der Waals surface area contributed by atoms with E-state index in [4.69, 9.17) is 16.3 Å². The number of benzene rings is 2. The van der Waals surface area contributed by atoms with E-state index < -0.39 is 5.60 Å². The lowest BCUT2D eigenvalue weighted by atomic mass is 10.0. The topological polar surface area (TPSA) is 70.6 Å². The second kappa shape index (κ2) is 8.37. The van der Waals surface area contributed by atoms with E-state index in [2.05, 4.69) is 49.4 Å². The Hall–Kier alpha value is -3.06. The van der Waals surface area contributed by atoms with Gasteiger partial charge in [0.05, 0.1) is 23.3 Å². The van der Waals surface area contributed by atoms with Gasteiger partial charge in [-0.1, -0.05) is 35.9 Å². The molecule has 2 aliphatic rings. The molecule has 0 atom stereocenters. The van der Waals surface area contributed by atoms with Crippen molar-refractivity contribution in [1.82, 2.24) is 15.3 Å². The zero-order chi connectivity index (χ0) is 23.2. The maximum Gasteiger partial charge on any atom is 0.407 e. The molecule has 33 heavy (non-hydrogen) atoms. The minimum absolute atomic E-state index is 0.0587. The number of carbonyl (C=O) groups excluding carboxylic acids is 1. The van der Waals surface area contributed by atoms with Crippen LogP contribution in [-0.4, -0.2) is 47.3 Å². The van der Waals surface area contributed by atoms with Crippen molar-refractivity contribution in [3.05, 3.63) is 59.0 Å². The van der Waals surface area contributed by atoms with Gasteiger partial charge < -0.3 is 19.9 Å². The van der Waals surface area contributed by atoms with Crippen molar-refractivity contribution < 1.29 is 9.53 Å². The summed E-state index contributed by atoms with van der Waals surface area (Å²) < 4.78 is 5.36. The van der Waals surface area contributed by atoms with Crippen LogP contribution in [0.5, 0.6) is 0 Å². The number of nitrogens with zero attached hydrogens (tertiary/aromatic N) is 4. The lowest BCUT2D eigenvalue weighted by molar-refractivity contribution is 0.0496. The Bertz CT molecular complexity index is 1200. The molecule has 1 amide bonds. The number of fused-ring (bicyclic) bond motifs is 2. The Kier molecular flexibility index (Phi) is 5.52. The molecule has 0 spiro atoms. The van der Waals surface area contributed by atoms with Crippen molar-refractivity contribution in [3.8, 4) is 0 Å². The van der Waals surface area contributed by atoms with Crippen LogP contribution in [-0.2, 0) is 17.7 Å². The van der Waals surface area contributed by atoms with Crippen molar-refractivity contribution in [2.24, 2.45) is 0 Å². The molecule has 0 radical (unpaired) electrons. The second-order valence-electron chi connectivity index (χ2n) is 9.66. The highest BCUT2D eigenvalue weighted by Crippen LogP contribution is 2.36. The number of aromatic nitrogens is 2. The average molecular weight is 466 g/mol. The van der Waals surface area contributed by atoms with Gasteiger partial charge in [0, 0.05) is 36.3 Å². The molecule has 3 aromatic rings. The maximum absolute atomic E-state index is 12.0. The summed E-state index contributed by atoms with van der Waals surface area (Å²) in [5.74, 6) is 0.970. The number of nitrogens with one attached hydrogen (secondary N) is 1. The van der Waals surface area contributed by atoms with Gasteiger partial charge >= 0.3 is 6.09 Å². The number of hydrogen-bond donors (Lipinski definition) is 1. The van der Waals surface area contributed by atoms with Crippen molar-refractivity contribution in [2.75, 3.05) is 29.4 Å². The average Bonchev–Trinajstić information content (AvgIpc) is 2.74. The fraction of sp³-hybridized carbons (Fsp3) is 0.400. The Morgan fingerprint density at radius 1 is 1.12 bits per heavy atom. The Morgan fingerprint density at radius 2 is 1.88 bits per heavy atom. The number of anilines is 2. The van der Waals surface area contributed by atoms with E-state index in [1.165, 1.54) is 5.56 Å². The molecule has 7 nitrogen and oxygen atoms in total. The molecule has 0 aliphatic carbocycles. The Morgan fingerprint density at radius 3 is 2.64 bits per heavy atom. The summed E-state index contributed by atoms with van der Waals surface area (Å²) in [5.41, 5.74) is 2.86. The van der Waals surface area contributed by atoms with Crippen molar-refractivity contribution in [1.29, 1.82) is 0 Å². The van der Waals surface area contributed by atoms with Gasteiger partial charge in [0.15, 0.2) is 0 Å². The fourth-order valence-electron chi connectivity index (χ4n) is 4.57. The van der Waals surface area contributed by atoms with E-state index in [1.54, 1.807) is 6.33 Å². The van der Waals surface area contributed by atoms with Gasteiger partial charge in [-0.25, -0.2) is 14.8 Å². The first-order chi connectivity index (χ1) is 15.8. The Labute approximate surface area is 198 Å².